The number of nitrogens with zero attached hydrogens (tertiary/aromatic N) is 3. The Morgan fingerprint density at radius 3 is 2.88 bits per heavy atom. The Bertz CT molecular complexity index is 729. The summed E-state index contributed by atoms with van der Waals surface area (Å²) in [6, 6.07) is 5.99. The molecule has 1 aliphatic rings. The van der Waals surface area contributed by atoms with Crippen LogP contribution in [0.2, 0.25) is 0 Å². The summed E-state index contributed by atoms with van der Waals surface area (Å²) >= 11 is 0. The zero-order valence-electron chi connectivity index (χ0n) is 15.2. The molecule has 1 aromatic heterocycles. The van der Waals surface area contributed by atoms with Crippen LogP contribution >= 0.6 is 0 Å². The number of hydrogen-bond donors (Lipinski definition) is 1. The van der Waals surface area contributed by atoms with Crippen LogP contribution in [0.15, 0.2) is 28.8 Å². The maximum atomic E-state index is 13.0. The molecule has 1 N–H and O–H groups in total. The summed E-state index contributed by atoms with van der Waals surface area (Å²) in [5.74, 6) is 1.23. The van der Waals surface area contributed by atoms with E-state index in [1.54, 1.807) is 12.1 Å². The number of amides is 1. The molecule has 6 nitrogen and oxygen atoms in total. The van der Waals surface area contributed by atoms with E-state index in [1.165, 1.54) is 12.1 Å². The number of halogens is 1. The van der Waals surface area contributed by atoms with Crippen LogP contribution in [0.4, 0.5) is 4.39 Å². The maximum absolute atomic E-state index is 13.0. The van der Waals surface area contributed by atoms with E-state index in [2.05, 4.69) is 34.2 Å². The van der Waals surface area contributed by atoms with Crippen molar-refractivity contribution in [3.8, 4) is 11.4 Å². The van der Waals surface area contributed by atoms with Crippen LogP contribution in [0.1, 0.15) is 32.6 Å². The first kappa shape index (κ1) is 18.5. The Hall–Kier alpha value is -2.28. The lowest BCUT2D eigenvalue weighted by molar-refractivity contribution is -0.127. The summed E-state index contributed by atoms with van der Waals surface area (Å²) in [4.78, 5) is 18.9. The van der Waals surface area contributed by atoms with E-state index in [9.17, 15) is 9.18 Å². The molecule has 0 spiro atoms. The monoisotopic (exact) mass is 360 g/mol. The third kappa shape index (κ3) is 4.88. The second kappa shape index (κ2) is 8.40. The molecule has 0 radical (unpaired) electrons. The summed E-state index contributed by atoms with van der Waals surface area (Å²) in [5, 5.41) is 6.99. The van der Waals surface area contributed by atoms with Crippen LogP contribution in [0.5, 0.6) is 0 Å². The SMILES string of the molecule is CC(C)CNC(=O)C1CCCN(Cc2nc(-c3ccc(F)cc3)no2)C1. The molecule has 1 unspecified atom stereocenters. The summed E-state index contributed by atoms with van der Waals surface area (Å²) < 4.78 is 18.3. The van der Waals surface area contributed by atoms with Crippen LogP contribution < -0.4 is 5.32 Å². The van der Waals surface area contributed by atoms with Crippen molar-refractivity contribution >= 4 is 5.91 Å². The van der Waals surface area contributed by atoms with Gasteiger partial charge < -0.3 is 9.84 Å². The predicted octanol–water partition coefficient (Wildman–Crippen LogP) is 2.86. The van der Waals surface area contributed by atoms with E-state index in [0.717, 1.165) is 19.4 Å². The van der Waals surface area contributed by atoms with Crippen LogP contribution in [-0.4, -0.2) is 40.6 Å². The van der Waals surface area contributed by atoms with E-state index in [0.29, 0.717) is 42.8 Å². The lowest BCUT2D eigenvalue weighted by Gasteiger charge is -2.31. The summed E-state index contributed by atoms with van der Waals surface area (Å²) in [7, 11) is 0. The zero-order chi connectivity index (χ0) is 18.5. The van der Waals surface area contributed by atoms with Gasteiger partial charge in [-0.3, -0.25) is 9.69 Å². The molecule has 1 aliphatic heterocycles. The Labute approximate surface area is 152 Å². The van der Waals surface area contributed by atoms with E-state index >= 15 is 0 Å². The van der Waals surface area contributed by atoms with Crippen molar-refractivity contribution in [2.45, 2.75) is 33.2 Å². The molecule has 3 rings (SSSR count). The van der Waals surface area contributed by atoms with Gasteiger partial charge in [0.15, 0.2) is 0 Å². The average Bonchev–Trinajstić information content (AvgIpc) is 3.09. The van der Waals surface area contributed by atoms with E-state index in [1.807, 2.05) is 0 Å². The number of nitrogens with one attached hydrogen (secondary N) is 1. The Kier molecular flexibility index (Phi) is 5.98. The van der Waals surface area contributed by atoms with Crippen molar-refractivity contribution in [2.75, 3.05) is 19.6 Å². The molecule has 1 atom stereocenters. The summed E-state index contributed by atoms with van der Waals surface area (Å²) in [6.07, 6.45) is 1.88. The van der Waals surface area contributed by atoms with Crippen molar-refractivity contribution in [1.82, 2.24) is 20.4 Å². The second-order valence-electron chi connectivity index (χ2n) is 7.23. The van der Waals surface area contributed by atoms with Gasteiger partial charge in [0.25, 0.3) is 0 Å². The number of hydrogen-bond acceptors (Lipinski definition) is 5. The highest BCUT2D eigenvalue weighted by molar-refractivity contribution is 5.78. The van der Waals surface area contributed by atoms with Gasteiger partial charge >= 0.3 is 0 Å². The molecule has 2 heterocycles. The molecule has 1 aromatic carbocycles. The highest BCUT2D eigenvalue weighted by Crippen LogP contribution is 2.20. The fraction of sp³-hybridized carbons (Fsp3) is 0.526. The van der Waals surface area contributed by atoms with E-state index in [-0.39, 0.29) is 17.6 Å². The molecule has 0 aliphatic carbocycles. The van der Waals surface area contributed by atoms with Gasteiger partial charge in [-0.15, -0.1) is 0 Å². The molecule has 1 fully saturated rings. The maximum Gasteiger partial charge on any atom is 0.241 e. The van der Waals surface area contributed by atoms with Gasteiger partial charge in [-0.2, -0.15) is 4.98 Å². The smallest absolute Gasteiger partial charge is 0.241 e. The van der Waals surface area contributed by atoms with Gasteiger partial charge in [-0.1, -0.05) is 19.0 Å². The standard InChI is InChI=1S/C19H25FN4O2/c1-13(2)10-21-19(25)15-4-3-9-24(11-15)12-17-22-18(23-26-17)14-5-7-16(20)8-6-14/h5-8,13,15H,3-4,9-12H2,1-2H3,(H,21,25). The molecule has 0 bridgehead atoms. The highest BCUT2D eigenvalue weighted by atomic mass is 19.1. The number of piperidine rings is 1. The third-order valence-electron chi connectivity index (χ3n) is 4.49. The molecule has 0 saturated carbocycles. The van der Waals surface area contributed by atoms with E-state index in [4.69, 9.17) is 4.52 Å². The number of benzene rings is 1. The summed E-state index contributed by atoms with van der Waals surface area (Å²) in [5.41, 5.74) is 0.714. The number of carbonyl (C=O) groups excluding carboxylic acids is 1. The summed E-state index contributed by atoms with van der Waals surface area (Å²) in [6.45, 7) is 6.99. The van der Waals surface area contributed by atoms with Gasteiger partial charge in [-0.05, 0) is 49.6 Å². The fourth-order valence-electron chi connectivity index (χ4n) is 3.09. The Morgan fingerprint density at radius 2 is 2.15 bits per heavy atom. The van der Waals surface area contributed by atoms with Gasteiger partial charge in [0.05, 0.1) is 12.5 Å². The van der Waals surface area contributed by atoms with Crippen molar-refractivity contribution in [1.29, 1.82) is 0 Å². The molecular weight excluding hydrogens is 335 g/mol. The number of aromatic nitrogens is 2. The molecule has 26 heavy (non-hydrogen) atoms. The first-order chi connectivity index (χ1) is 12.5. The van der Waals surface area contributed by atoms with Crippen molar-refractivity contribution in [3.63, 3.8) is 0 Å². The van der Waals surface area contributed by atoms with Crippen molar-refractivity contribution in [3.05, 3.63) is 36.0 Å². The van der Waals surface area contributed by atoms with Gasteiger partial charge in [0.1, 0.15) is 5.82 Å². The van der Waals surface area contributed by atoms with Gasteiger partial charge in [0, 0.05) is 18.7 Å². The largest absolute Gasteiger partial charge is 0.356 e. The van der Waals surface area contributed by atoms with Crippen LogP contribution in [0, 0.1) is 17.7 Å². The number of carbonyl (C=O) groups is 1. The first-order valence-corrected chi connectivity index (χ1v) is 9.10. The molecule has 1 saturated heterocycles. The third-order valence-corrected chi connectivity index (χ3v) is 4.49. The number of rotatable bonds is 6. The molecule has 140 valence electrons. The molecule has 7 heteroatoms. The topological polar surface area (TPSA) is 71.3 Å². The minimum atomic E-state index is -0.299. The molecule has 1 amide bonds. The lowest BCUT2D eigenvalue weighted by Crippen LogP contribution is -2.43. The van der Waals surface area contributed by atoms with E-state index < -0.39 is 0 Å². The van der Waals surface area contributed by atoms with Crippen LogP contribution in [0.3, 0.4) is 0 Å². The van der Waals surface area contributed by atoms with Gasteiger partial charge in [-0.25, -0.2) is 4.39 Å². The van der Waals surface area contributed by atoms with Crippen molar-refractivity contribution in [2.24, 2.45) is 11.8 Å². The Morgan fingerprint density at radius 1 is 1.38 bits per heavy atom. The first-order valence-electron chi connectivity index (χ1n) is 9.10. The quantitative estimate of drug-likeness (QED) is 0.858. The van der Waals surface area contributed by atoms with Crippen LogP contribution in [0.25, 0.3) is 11.4 Å². The highest BCUT2D eigenvalue weighted by Gasteiger charge is 2.26. The van der Waals surface area contributed by atoms with Crippen LogP contribution in [-0.2, 0) is 11.3 Å². The Balaban J connectivity index is 1.57. The van der Waals surface area contributed by atoms with Gasteiger partial charge in [0.2, 0.25) is 17.6 Å². The predicted molar refractivity (Wildman–Crippen MR) is 95.5 cm³/mol. The minimum absolute atomic E-state index is 0.00184. The fourth-order valence-corrected chi connectivity index (χ4v) is 3.09. The van der Waals surface area contributed by atoms with Crippen molar-refractivity contribution < 1.29 is 13.7 Å². The normalized spacial score (nSPS) is 18.2. The minimum Gasteiger partial charge on any atom is -0.356 e. The molecule has 2 aromatic rings. The average molecular weight is 360 g/mol. The number of likely N-dealkylation sites (tertiary alicyclic amines) is 1. The molecular formula is C19H25FN4O2. The second-order valence-corrected chi connectivity index (χ2v) is 7.23. The zero-order valence-corrected chi connectivity index (χ0v) is 15.2. The lowest BCUT2D eigenvalue weighted by atomic mass is 9.97.